The van der Waals surface area contributed by atoms with Gasteiger partial charge in [-0.2, -0.15) is 0 Å². The highest BCUT2D eigenvalue weighted by Crippen LogP contribution is 2.20. The molecule has 0 bridgehead atoms. The number of carbonyl (C=O) groups is 7. The molecule has 1 heterocycles. The van der Waals surface area contributed by atoms with Crippen LogP contribution in [-0.2, 0) is 52.8 Å². The Labute approximate surface area is 377 Å². The molecule has 7 atom stereocenters. The van der Waals surface area contributed by atoms with Gasteiger partial charge in [-0.3, -0.25) is 38.6 Å². The van der Waals surface area contributed by atoms with Gasteiger partial charge in [0.25, 0.3) is 0 Å². The molecule has 348 valence electrons. The number of carbonyl (C=O) groups excluding carboxylic acids is 7. The van der Waals surface area contributed by atoms with E-state index in [1.54, 1.807) is 73.8 Å². The van der Waals surface area contributed by atoms with Gasteiger partial charge < -0.3 is 60.2 Å². The number of guanidine groups is 1. The van der Waals surface area contributed by atoms with Crippen molar-refractivity contribution in [2.45, 2.75) is 101 Å². The fourth-order valence-corrected chi connectivity index (χ4v) is 7.11. The summed E-state index contributed by atoms with van der Waals surface area (Å²) < 4.78 is 0. The summed E-state index contributed by atoms with van der Waals surface area (Å²) in [5.41, 5.74) is 30.8. The molecule has 0 saturated heterocycles. The average Bonchev–Trinajstić information content (AvgIpc) is 3.69. The van der Waals surface area contributed by atoms with E-state index < -0.39 is 83.5 Å². The predicted octanol–water partition coefficient (Wildman–Crippen LogP) is -0.202. The highest BCUT2D eigenvalue weighted by Gasteiger charge is 2.35. The van der Waals surface area contributed by atoms with E-state index in [2.05, 4.69) is 36.6 Å². The van der Waals surface area contributed by atoms with E-state index in [9.17, 15) is 33.6 Å². The topological polar surface area (TPSA) is 338 Å². The van der Waals surface area contributed by atoms with Crippen molar-refractivity contribution in [3.8, 4) is 0 Å². The summed E-state index contributed by atoms with van der Waals surface area (Å²) >= 11 is 0. The van der Waals surface area contributed by atoms with Crippen LogP contribution in [0.5, 0.6) is 0 Å². The van der Waals surface area contributed by atoms with Gasteiger partial charge in [0, 0.05) is 49.3 Å². The van der Waals surface area contributed by atoms with Gasteiger partial charge in [0.15, 0.2) is 5.96 Å². The summed E-state index contributed by atoms with van der Waals surface area (Å²) in [7, 11) is 0. The minimum Gasteiger partial charge on any atom is -0.370 e. The van der Waals surface area contributed by atoms with E-state index in [0.29, 0.717) is 24.0 Å². The average molecular weight is 895 g/mol. The number of amides is 7. The Morgan fingerprint density at radius 3 is 1.68 bits per heavy atom. The molecule has 0 unspecified atom stereocenters. The normalized spacial score (nSPS) is 14.3. The van der Waals surface area contributed by atoms with Crippen LogP contribution in [0.1, 0.15) is 62.6 Å². The highest BCUT2D eigenvalue weighted by molar-refractivity contribution is 5.97. The van der Waals surface area contributed by atoms with E-state index >= 15 is 0 Å². The van der Waals surface area contributed by atoms with Gasteiger partial charge >= 0.3 is 0 Å². The predicted molar refractivity (Wildman–Crippen MR) is 247 cm³/mol. The first-order chi connectivity index (χ1) is 31.1. The molecule has 0 saturated carbocycles. The molecule has 0 aliphatic rings. The van der Waals surface area contributed by atoms with Crippen molar-refractivity contribution >= 4 is 58.2 Å². The Morgan fingerprint density at radius 1 is 0.615 bits per heavy atom. The summed E-state index contributed by atoms with van der Waals surface area (Å²) in [6.45, 7) is 3.83. The second kappa shape index (κ2) is 25.1. The molecule has 65 heavy (non-hydrogen) atoms. The molecule has 0 spiro atoms. The van der Waals surface area contributed by atoms with Crippen molar-refractivity contribution in [2.24, 2.45) is 39.6 Å². The van der Waals surface area contributed by atoms with Gasteiger partial charge in [-0.05, 0) is 47.9 Å². The third kappa shape index (κ3) is 16.1. The number of aromatic nitrogens is 1. The van der Waals surface area contributed by atoms with E-state index in [0.717, 1.165) is 16.5 Å². The lowest BCUT2D eigenvalue weighted by Gasteiger charge is -2.29. The Morgan fingerprint density at radius 2 is 1.12 bits per heavy atom. The minimum atomic E-state index is -1.26. The molecule has 19 heteroatoms. The zero-order valence-electron chi connectivity index (χ0n) is 36.8. The van der Waals surface area contributed by atoms with Gasteiger partial charge in [0.2, 0.25) is 41.4 Å². The lowest BCUT2D eigenvalue weighted by molar-refractivity contribution is -0.135. The minimum absolute atomic E-state index is 0.00294. The molecule has 0 aliphatic carbocycles. The van der Waals surface area contributed by atoms with Crippen molar-refractivity contribution < 1.29 is 33.6 Å². The van der Waals surface area contributed by atoms with Gasteiger partial charge in [-0.25, -0.2) is 0 Å². The van der Waals surface area contributed by atoms with Crippen molar-refractivity contribution in [2.75, 3.05) is 6.54 Å². The summed E-state index contributed by atoms with van der Waals surface area (Å²) in [5, 5.41) is 14.6. The van der Waals surface area contributed by atoms with Crippen molar-refractivity contribution in [1.29, 1.82) is 0 Å². The summed E-state index contributed by atoms with van der Waals surface area (Å²) in [5.74, 6) is -5.62. The third-order valence-electron chi connectivity index (χ3n) is 11.0. The zero-order chi connectivity index (χ0) is 47.5. The zero-order valence-corrected chi connectivity index (χ0v) is 36.8. The molecular weight excluding hydrogens is 833 g/mol. The quantitative estimate of drug-likeness (QED) is 0.0224. The van der Waals surface area contributed by atoms with Gasteiger partial charge in [-0.1, -0.05) is 99.1 Å². The largest absolute Gasteiger partial charge is 0.370 e. The molecule has 0 aliphatic heterocycles. The first-order valence-corrected chi connectivity index (χ1v) is 21.6. The summed E-state index contributed by atoms with van der Waals surface area (Å²) in [6, 6.07) is 18.0. The Balaban J connectivity index is 1.62. The number of primary amides is 2. The maximum absolute atomic E-state index is 14.5. The molecular formula is C46H62N12O7. The summed E-state index contributed by atoms with van der Waals surface area (Å²) in [4.78, 5) is 101. The van der Waals surface area contributed by atoms with Gasteiger partial charge in [0.05, 0.1) is 6.04 Å². The monoisotopic (exact) mass is 894 g/mol. The first-order valence-electron chi connectivity index (χ1n) is 21.6. The Kier molecular flexibility index (Phi) is 19.5. The van der Waals surface area contributed by atoms with Crippen LogP contribution in [0, 0.1) is 5.92 Å². The molecule has 0 radical (unpaired) electrons. The number of aliphatic imine (C=N–C) groups is 1. The number of fused-ring (bicyclic) bond motifs is 1. The Hall–Kier alpha value is -7.28. The van der Waals surface area contributed by atoms with Crippen LogP contribution in [0.15, 0.2) is 96.1 Å². The molecule has 4 rings (SSSR count). The fourth-order valence-electron chi connectivity index (χ4n) is 7.11. The smallest absolute Gasteiger partial charge is 0.243 e. The van der Waals surface area contributed by atoms with Crippen LogP contribution in [-0.4, -0.2) is 95.1 Å². The molecule has 3 aromatic carbocycles. The van der Waals surface area contributed by atoms with Crippen molar-refractivity contribution in [3.63, 3.8) is 0 Å². The fraction of sp³-hybridized carbons (Fsp3) is 0.391. The summed E-state index contributed by atoms with van der Waals surface area (Å²) in [6.07, 6.45) is 2.45. The van der Waals surface area contributed by atoms with E-state index in [-0.39, 0.29) is 51.0 Å². The highest BCUT2D eigenvalue weighted by atomic mass is 16.2. The number of H-pyrrole nitrogens is 1. The number of benzene rings is 3. The Bertz CT molecular complexity index is 2270. The number of hydrogen-bond acceptors (Lipinski definition) is 9. The van der Waals surface area contributed by atoms with Crippen LogP contribution < -0.4 is 55.3 Å². The maximum atomic E-state index is 14.5. The number of nitrogens with zero attached hydrogens (tertiary/aromatic N) is 1. The second-order valence-electron chi connectivity index (χ2n) is 16.0. The SMILES string of the molecule is CC[C@@H](C)[C@@H](NC(=O)[C@@H](Cc1ccccc1)NC(=O)[C@H](Cc1c[nH]c2ccccc12)NC(=O)[C@@H](N)CCCN=C(N)N)C(=O)N[C@H](Cc1ccccc1)C(=O)N[C@H](CCC(N)=O)C(N)=O. The second-order valence-corrected chi connectivity index (χ2v) is 16.0. The number of nitrogens with one attached hydrogen (secondary N) is 6. The van der Waals surface area contributed by atoms with E-state index in [1.165, 1.54) is 0 Å². The van der Waals surface area contributed by atoms with Crippen LogP contribution in [0.2, 0.25) is 0 Å². The first kappa shape index (κ1) is 50.4. The number of para-hydroxylation sites is 1. The van der Waals surface area contributed by atoms with Gasteiger partial charge in [-0.15, -0.1) is 0 Å². The molecule has 0 fully saturated rings. The van der Waals surface area contributed by atoms with Crippen molar-refractivity contribution in [3.05, 3.63) is 108 Å². The van der Waals surface area contributed by atoms with Gasteiger partial charge in [0.1, 0.15) is 30.2 Å². The van der Waals surface area contributed by atoms with Crippen LogP contribution in [0.3, 0.4) is 0 Å². The number of hydrogen-bond donors (Lipinski definition) is 11. The lowest BCUT2D eigenvalue weighted by atomic mass is 9.96. The number of rotatable bonds is 26. The van der Waals surface area contributed by atoms with E-state index in [4.69, 9.17) is 28.7 Å². The number of nitrogens with two attached hydrogens (primary N) is 5. The molecule has 19 nitrogen and oxygen atoms in total. The van der Waals surface area contributed by atoms with E-state index in [1.807, 2.05) is 31.2 Å². The maximum Gasteiger partial charge on any atom is 0.243 e. The van der Waals surface area contributed by atoms with Crippen LogP contribution >= 0.6 is 0 Å². The standard InChI is InChI=1S/C46H62N12O7/c1-3-27(2)39(45(65)57-35(23-28-13-6-4-7-14-28)42(62)54-34(40(49)60)20-21-38(48)59)58-44(64)36(24-29-15-8-5-9-16-29)56-43(63)37(25-30-26-53-33-19-11-10-17-31(30)33)55-41(61)32(47)18-12-22-52-46(50)51/h4-11,13-17,19,26-27,32,34-37,39,53H,3,12,18,20-25,47H2,1-2H3,(H2,48,59)(H2,49,60)(H,54,62)(H,55,61)(H,56,63)(H,57,65)(H,58,64)(H4,50,51,52)/t27-,32+,34-,35-,36-,37+,39-/m1/s1. The molecule has 4 aromatic rings. The molecule has 1 aromatic heterocycles. The number of aromatic amines is 1. The van der Waals surface area contributed by atoms with Crippen LogP contribution in [0.4, 0.5) is 0 Å². The molecule has 16 N–H and O–H groups in total. The lowest BCUT2D eigenvalue weighted by Crippen LogP contribution is -2.61. The van der Waals surface area contributed by atoms with Crippen molar-refractivity contribution in [1.82, 2.24) is 31.6 Å². The van der Waals surface area contributed by atoms with Crippen LogP contribution in [0.25, 0.3) is 10.9 Å². The molecule has 7 amide bonds. The third-order valence-corrected chi connectivity index (χ3v) is 11.0.